The Kier molecular flexibility index (Phi) is 9.47. The van der Waals surface area contributed by atoms with Crippen LogP contribution < -0.4 is 15.5 Å². The molecule has 2 nitrogen and oxygen atoms in total. The van der Waals surface area contributed by atoms with Gasteiger partial charge in [0.1, 0.15) is 5.75 Å². The summed E-state index contributed by atoms with van der Waals surface area (Å²) in [5, 5.41) is 13.1. The van der Waals surface area contributed by atoms with Crippen molar-refractivity contribution in [2.75, 3.05) is 19.0 Å². The number of hydrogen-bond acceptors (Lipinski definition) is 2. The fourth-order valence-corrected chi connectivity index (χ4v) is 4.14. The molecular formula is C20H28Cl2NOPTi. The summed E-state index contributed by atoms with van der Waals surface area (Å²) in [6, 6.07) is 10.8. The molecule has 0 aliphatic rings. The van der Waals surface area contributed by atoms with E-state index in [2.05, 4.69) is 83.9 Å². The van der Waals surface area contributed by atoms with E-state index in [1.165, 1.54) is 22.1 Å². The number of aromatic hydroxyl groups is 1. The fourth-order valence-electron chi connectivity index (χ4n) is 2.71. The van der Waals surface area contributed by atoms with Gasteiger partial charge in [-0.2, -0.15) is 0 Å². The molecule has 0 saturated heterocycles. The third-order valence-electron chi connectivity index (χ3n) is 3.97. The van der Waals surface area contributed by atoms with Crippen LogP contribution in [0.4, 0.5) is 5.69 Å². The van der Waals surface area contributed by atoms with Gasteiger partial charge in [-0.25, -0.2) is 0 Å². The Labute approximate surface area is 176 Å². The summed E-state index contributed by atoms with van der Waals surface area (Å²) in [6.45, 7) is 10.6. The van der Waals surface area contributed by atoms with Crippen molar-refractivity contribution in [2.45, 2.75) is 40.0 Å². The third kappa shape index (κ3) is 6.73. The zero-order chi connectivity index (χ0) is 20.1. The average molecular weight is 448 g/mol. The van der Waals surface area contributed by atoms with E-state index in [9.17, 15) is 5.11 Å². The predicted molar refractivity (Wildman–Crippen MR) is 116 cm³/mol. The molecule has 2 rings (SSSR count). The summed E-state index contributed by atoms with van der Waals surface area (Å²) in [6.07, 6.45) is 0. The van der Waals surface area contributed by atoms with Gasteiger partial charge in [0.2, 0.25) is 0 Å². The second-order valence-corrected chi connectivity index (χ2v) is 11.5. The van der Waals surface area contributed by atoms with Crippen molar-refractivity contribution < 1.29 is 22.1 Å². The van der Waals surface area contributed by atoms with E-state index in [0.29, 0.717) is 14.3 Å². The summed E-state index contributed by atoms with van der Waals surface area (Å²) >= 11 is -0.556. The number of aryl methyl sites for hydroxylation is 2. The van der Waals surface area contributed by atoms with Gasteiger partial charge in [-0.15, -0.1) is 0 Å². The van der Waals surface area contributed by atoms with Crippen molar-refractivity contribution in [3.05, 3.63) is 47.0 Å². The van der Waals surface area contributed by atoms with E-state index in [0.717, 1.165) is 10.9 Å². The van der Waals surface area contributed by atoms with E-state index in [-0.39, 0.29) is 5.41 Å². The molecule has 0 aliphatic heterocycles. The zero-order valence-corrected chi connectivity index (χ0v) is 20.6. The molecule has 0 bridgehead atoms. The molecule has 6 heteroatoms. The Morgan fingerprint density at radius 2 is 1.54 bits per heavy atom. The number of phenols is 1. The molecule has 0 fully saturated rings. The Balaban J connectivity index is 0.00000105. The molecule has 1 N–H and O–H groups in total. The van der Waals surface area contributed by atoms with Gasteiger partial charge in [-0.1, -0.05) is 47.6 Å². The maximum atomic E-state index is 10.8. The molecule has 0 saturated carbocycles. The second-order valence-electron chi connectivity index (χ2n) is 7.57. The van der Waals surface area contributed by atoms with Crippen molar-refractivity contribution in [3.63, 3.8) is 0 Å². The van der Waals surface area contributed by atoms with Crippen molar-refractivity contribution >= 4 is 43.5 Å². The van der Waals surface area contributed by atoms with Gasteiger partial charge in [-0.3, -0.25) is 0 Å². The SMILES string of the molecule is Cc1ccc(Pc2cc(C)cc(C(C)(C)C)c2O)c(N(C)C)c1.[Cl][Ti][Cl]. The molecule has 0 radical (unpaired) electrons. The molecule has 26 heavy (non-hydrogen) atoms. The van der Waals surface area contributed by atoms with Crippen LogP contribution in [0.2, 0.25) is 0 Å². The average Bonchev–Trinajstić information content (AvgIpc) is 2.51. The first-order chi connectivity index (χ1) is 12.0. The Hall–Kier alpha value is -0.236. The number of anilines is 1. The van der Waals surface area contributed by atoms with E-state index in [1.54, 1.807) is 0 Å². The minimum atomic E-state index is -0.556. The van der Waals surface area contributed by atoms with Crippen LogP contribution in [-0.4, -0.2) is 19.2 Å². The monoisotopic (exact) mass is 447 g/mol. The standard InChI is InChI=1S/C20H28NOP.2ClH.Ti/c1-13-8-9-17(16(11-13)21(6)7)23-18-12-14(2)10-15(19(18)22)20(3,4)5;;;/h8-12,22-23H,1-7H3;2*1H;/q;;;+2/p-2. The van der Waals surface area contributed by atoms with Gasteiger partial charge < -0.3 is 10.0 Å². The fraction of sp³-hybridized carbons (Fsp3) is 0.400. The van der Waals surface area contributed by atoms with Crippen LogP contribution >= 0.6 is 27.2 Å². The van der Waals surface area contributed by atoms with Crippen LogP contribution in [-0.2, 0) is 22.4 Å². The molecule has 1 unspecified atom stereocenters. The van der Waals surface area contributed by atoms with Crippen LogP contribution in [0.15, 0.2) is 30.3 Å². The second kappa shape index (κ2) is 10.3. The Morgan fingerprint density at radius 1 is 0.962 bits per heavy atom. The van der Waals surface area contributed by atoms with Crippen molar-refractivity contribution in [1.82, 2.24) is 0 Å². The molecule has 0 spiro atoms. The Bertz CT molecular complexity index is 745. The number of nitrogens with zero attached hydrogens (tertiary/aromatic N) is 1. The first kappa shape index (κ1) is 23.8. The van der Waals surface area contributed by atoms with Crippen LogP contribution in [0.3, 0.4) is 0 Å². The maximum absolute atomic E-state index is 10.8. The molecule has 0 amide bonds. The van der Waals surface area contributed by atoms with E-state index in [4.69, 9.17) is 18.6 Å². The minimum absolute atomic E-state index is 0.0625. The van der Waals surface area contributed by atoms with Gasteiger partial charge in [0.05, 0.1) is 0 Å². The van der Waals surface area contributed by atoms with Gasteiger partial charge >= 0.3 is 35.6 Å². The van der Waals surface area contributed by atoms with Crippen molar-refractivity contribution in [3.8, 4) is 5.75 Å². The summed E-state index contributed by atoms with van der Waals surface area (Å²) in [7, 11) is 14.4. The summed E-state index contributed by atoms with van der Waals surface area (Å²) in [4.78, 5) is 2.15. The molecular weight excluding hydrogens is 420 g/mol. The number of hydrogen-bond donors (Lipinski definition) is 1. The molecule has 0 aliphatic carbocycles. The predicted octanol–water partition coefficient (Wildman–Crippen LogP) is 5.38. The van der Waals surface area contributed by atoms with Gasteiger partial charge in [0, 0.05) is 36.0 Å². The van der Waals surface area contributed by atoms with Gasteiger partial charge in [-0.05, 0) is 42.5 Å². The van der Waals surface area contributed by atoms with Crippen LogP contribution in [0, 0.1) is 13.8 Å². The van der Waals surface area contributed by atoms with Gasteiger partial charge in [0.25, 0.3) is 0 Å². The zero-order valence-electron chi connectivity index (χ0n) is 16.5. The topological polar surface area (TPSA) is 23.5 Å². The van der Waals surface area contributed by atoms with Gasteiger partial charge in [0.15, 0.2) is 0 Å². The molecule has 1 atom stereocenters. The van der Waals surface area contributed by atoms with E-state index in [1.807, 2.05) is 0 Å². The number of rotatable bonds is 3. The first-order valence-electron chi connectivity index (χ1n) is 8.36. The number of phenolic OH excluding ortho intramolecular Hbond substituents is 1. The number of benzene rings is 2. The number of halogens is 2. The van der Waals surface area contributed by atoms with Crippen molar-refractivity contribution in [2.24, 2.45) is 0 Å². The van der Waals surface area contributed by atoms with Crippen molar-refractivity contribution in [1.29, 1.82) is 0 Å². The van der Waals surface area contributed by atoms with E-state index >= 15 is 0 Å². The van der Waals surface area contributed by atoms with Crippen LogP contribution in [0.5, 0.6) is 5.75 Å². The molecule has 0 heterocycles. The molecule has 142 valence electrons. The molecule has 2 aromatic rings. The Morgan fingerprint density at radius 3 is 2.04 bits per heavy atom. The first-order valence-corrected chi connectivity index (χ1v) is 13.7. The summed E-state index contributed by atoms with van der Waals surface area (Å²) in [5.74, 6) is 0.451. The molecule has 0 aromatic heterocycles. The molecule has 2 aromatic carbocycles. The third-order valence-corrected chi connectivity index (χ3v) is 5.31. The van der Waals surface area contributed by atoms with E-state index < -0.39 is 17.0 Å². The van der Waals surface area contributed by atoms with Crippen LogP contribution in [0.25, 0.3) is 0 Å². The quantitative estimate of drug-likeness (QED) is 0.504. The normalized spacial score (nSPS) is 11.3. The summed E-state index contributed by atoms with van der Waals surface area (Å²) < 4.78 is 0. The summed E-state index contributed by atoms with van der Waals surface area (Å²) in [5.41, 5.74) is 4.65. The van der Waals surface area contributed by atoms with Crippen LogP contribution in [0.1, 0.15) is 37.5 Å².